The van der Waals surface area contributed by atoms with Crippen LogP contribution in [-0.4, -0.2) is 72.7 Å². The first-order valence-corrected chi connectivity index (χ1v) is 13.2. The third-order valence-corrected chi connectivity index (χ3v) is 8.38. The Labute approximate surface area is 215 Å². The number of hydrogen-bond acceptors (Lipinski definition) is 8. The maximum Gasteiger partial charge on any atom is 0.322 e. The first kappa shape index (κ1) is 26.1. The summed E-state index contributed by atoms with van der Waals surface area (Å²) in [7, 11) is -0.430. The van der Waals surface area contributed by atoms with E-state index in [-0.39, 0.29) is 49.4 Å². The standard InChI is InChI=1S/C26H29N4O6P/c1-29-27-18-20-8-6-12-23(25(20)31)35-16-14-34-15-17-36-24-13-7-9-21(26(24)32)19-28-30(2)37(29,33)22-10-4-3-5-11-22/h3-13,18-19,31-32H,14-17H2,1-2H3/b27-18+,28-19+. The van der Waals surface area contributed by atoms with Crippen molar-refractivity contribution in [1.29, 1.82) is 0 Å². The molecule has 0 saturated carbocycles. The largest absolute Gasteiger partial charge is 0.504 e. The van der Waals surface area contributed by atoms with E-state index in [9.17, 15) is 14.8 Å². The molecule has 3 aromatic carbocycles. The minimum Gasteiger partial charge on any atom is -0.504 e. The zero-order chi connectivity index (χ0) is 26.3. The van der Waals surface area contributed by atoms with Crippen LogP contribution in [-0.2, 0) is 9.30 Å². The summed E-state index contributed by atoms with van der Waals surface area (Å²) in [5.41, 5.74) is 0.779. The maximum absolute atomic E-state index is 14.4. The van der Waals surface area contributed by atoms with E-state index in [1.165, 1.54) is 22.0 Å². The Kier molecular flexibility index (Phi) is 8.32. The van der Waals surface area contributed by atoms with Crippen molar-refractivity contribution in [3.05, 3.63) is 77.9 Å². The van der Waals surface area contributed by atoms with Crippen LogP contribution in [0.2, 0.25) is 0 Å². The predicted octanol–water partition coefficient (Wildman–Crippen LogP) is 3.64. The van der Waals surface area contributed by atoms with Crippen LogP contribution in [0.15, 0.2) is 76.9 Å². The van der Waals surface area contributed by atoms with E-state index in [0.717, 1.165) is 0 Å². The van der Waals surface area contributed by atoms with Gasteiger partial charge in [0.1, 0.15) is 13.2 Å². The first-order valence-electron chi connectivity index (χ1n) is 11.6. The van der Waals surface area contributed by atoms with Crippen LogP contribution >= 0.6 is 7.44 Å². The highest BCUT2D eigenvalue weighted by Crippen LogP contribution is 2.51. The van der Waals surface area contributed by atoms with E-state index < -0.39 is 7.44 Å². The van der Waals surface area contributed by atoms with Crippen LogP contribution in [0.4, 0.5) is 0 Å². The van der Waals surface area contributed by atoms with Gasteiger partial charge in [-0.15, -0.1) is 0 Å². The zero-order valence-corrected chi connectivity index (χ0v) is 21.5. The second-order valence-corrected chi connectivity index (χ2v) is 10.8. The van der Waals surface area contributed by atoms with Gasteiger partial charge in [-0.3, -0.25) is 4.57 Å². The lowest BCUT2D eigenvalue weighted by Crippen LogP contribution is -2.28. The van der Waals surface area contributed by atoms with Crippen LogP contribution in [0.5, 0.6) is 23.0 Å². The number of aromatic hydroxyl groups is 2. The number of para-hydroxylation sites is 2. The van der Waals surface area contributed by atoms with Gasteiger partial charge in [-0.2, -0.15) is 10.2 Å². The lowest BCUT2D eigenvalue weighted by molar-refractivity contribution is 0.0751. The van der Waals surface area contributed by atoms with Crippen molar-refractivity contribution in [2.24, 2.45) is 10.2 Å². The molecular formula is C26H29N4O6P. The van der Waals surface area contributed by atoms with E-state index in [1.807, 2.05) is 6.07 Å². The molecule has 0 aliphatic carbocycles. The quantitative estimate of drug-likeness (QED) is 0.464. The van der Waals surface area contributed by atoms with E-state index in [1.54, 1.807) is 74.8 Å². The molecule has 0 radical (unpaired) electrons. The Hall–Kier alpha value is -4.01. The molecule has 0 fully saturated rings. The number of phenols is 2. The molecule has 4 rings (SSSR count). The Morgan fingerprint density at radius 1 is 0.703 bits per heavy atom. The molecule has 3 aromatic rings. The molecule has 0 aromatic heterocycles. The van der Waals surface area contributed by atoms with Gasteiger partial charge in [0, 0.05) is 25.2 Å². The van der Waals surface area contributed by atoms with Gasteiger partial charge in [0.2, 0.25) is 0 Å². The molecule has 194 valence electrons. The molecule has 0 saturated heterocycles. The summed E-state index contributed by atoms with van der Waals surface area (Å²) in [6.45, 7) is 0.961. The lowest BCUT2D eigenvalue weighted by Gasteiger charge is -2.31. The minimum atomic E-state index is -3.57. The van der Waals surface area contributed by atoms with E-state index in [4.69, 9.17) is 14.2 Å². The van der Waals surface area contributed by atoms with Gasteiger partial charge < -0.3 is 24.4 Å². The summed E-state index contributed by atoms with van der Waals surface area (Å²) in [5, 5.41) is 30.6. The number of fused-ring (bicyclic) bond motifs is 4. The van der Waals surface area contributed by atoms with Crippen LogP contribution in [0.1, 0.15) is 11.1 Å². The Morgan fingerprint density at radius 3 is 1.68 bits per heavy atom. The van der Waals surface area contributed by atoms with Crippen molar-refractivity contribution < 1.29 is 29.0 Å². The number of ether oxygens (including phenoxy) is 3. The molecule has 4 bridgehead atoms. The highest BCUT2D eigenvalue weighted by atomic mass is 31.2. The van der Waals surface area contributed by atoms with Crippen LogP contribution in [0.3, 0.4) is 0 Å². The summed E-state index contributed by atoms with van der Waals surface area (Å²) >= 11 is 0. The van der Waals surface area contributed by atoms with Gasteiger partial charge in [0.15, 0.2) is 23.0 Å². The van der Waals surface area contributed by atoms with Gasteiger partial charge in [-0.1, -0.05) is 30.3 Å². The third kappa shape index (κ3) is 5.87. The molecule has 1 aliphatic heterocycles. The van der Waals surface area contributed by atoms with Crippen molar-refractivity contribution >= 4 is 25.2 Å². The van der Waals surface area contributed by atoms with Crippen molar-refractivity contribution in [1.82, 2.24) is 9.56 Å². The predicted molar refractivity (Wildman–Crippen MR) is 142 cm³/mol. The highest BCUT2D eigenvalue weighted by molar-refractivity contribution is 7.66. The molecule has 1 aliphatic rings. The second kappa shape index (κ2) is 11.8. The fraction of sp³-hybridized carbons (Fsp3) is 0.231. The number of benzene rings is 3. The molecule has 0 spiro atoms. The van der Waals surface area contributed by atoms with Crippen LogP contribution in [0.25, 0.3) is 0 Å². The molecule has 11 heteroatoms. The summed E-state index contributed by atoms with van der Waals surface area (Å²) < 4.78 is 33.9. The van der Waals surface area contributed by atoms with Gasteiger partial charge in [0.25, 0.3) is 0 Å². The van der Waals surface area contributed by atoms with Crippen molar-refractivity contribution in [2.75, 3.05) is 40.5 Å². The van der Waals surface area contributed by atoms with Crippen LogP contribution in [0, 0.1) is 0 Å². The molecule has 37 heavy (non-hydrogen) atoms. The number of phenolic OH excluding ortho intramolecular Hbond substituents is 2. The van der Waals surface area contributed by atoms with Crippen LogP contribution < -0.4 is 14.8 Å². The molecule has 2 N–H and O–H groups in total. The molecule has 1 heterocycles. The van der Waals surface area contributed by atoms with Gasteiger partial charge >= 0.3 is 7.44 Å². The topological polar surface area (TPSA) is 116 Å². The number of rotatable bonds is 1. The molecule has 0 atom stereocenters. The summed E-state index contributed by atoms with van der Waals surface area (Å²) in [6, 6.07) is 18.9. The lowest BCUT2D eigenvalue weighted by atomic mass is 10.2. The van der Waals surface area contributed by atoms with Crippen molar-refractivity contribution in [2.45, 2.75) is 0 Å². The molecule has 10 nitrogen and oxygen atoms in total. The van der Waals surface area contributed by atoms with Crippen molar-refractivity contribution in [3.63, 3.8) is 0 Å². The van der Waals surface area contributed by atoms with E-state index >= 15 is 0 Å². The van der Waals surface area contributed by atoms with Gasteiger partial charge in [-0.25, -0.2) is 9.56 Å². The van der Waals surface area contributed by atoms with Crippen molar-refractivity contribution in [3.8, 4) is 23.0 Å². The average molecular weight is 525 g/mol. The average Bonchev–Trinajstić information content (AvgIpc) is 2.92. The third-order valence-electron chi connectivity index (χ3n) is 5.64. The maximum atomic E-state index is 14.4. The highest BCUT2D eigenvalue weighted by Gasteiger charge is 2.34. The van der Waals surface area contributed by atoms with E-state index in [2.05, 4.69) is 10.2 Å². The first-order chi connectivity index (χ1) is 17.9. The second-order valence-electron chi connectivity index (χ2n) is 8.04. The fourth-order valence-electron chi connectivity index (χ4n) is 3.62. The summed E-state index contributed by atoms with van der Waals surface area (Å²) in [5.74, 6) is 0.366. The van der Waals surface area contributed by atoms with Gasteiger partial charge in [-0.05, 0) is 36.4 Å². The normalized spacial score (nSPS) is 18.2. The summed E-state index contributed by atoms with van der Waals surface area (Å²) in [4.78, 5) is 0. The molecule has 0 amide bonds. The molecule has 0 unspecified atom stereocenters. The minimum absolute atomic E-state index is 0.0905. The van der Waals surface area contributed by atoms with Gasteiger partial charge in [0.05, 0.1) is 30.9 Å². The Morgan fingerprint density at radius 2 is 1.19 bits per heavy atom. The zero-order valence-electron chi connectivity index (χ0n) is 20.6. The number of nitrogens with zero attached hydrogens (tertiary/aromatic N) is 4. The monoisotopic (exact) mass is 524 g/mol. The fourth-order valence-corrected chi connectivity index (χ4v) is 5.61. The SMILES string of the molecule is CN1/N=C/c2cccc(c2O)OCCOCCOc2cccc(c2O)/C=N/N(C)P1(=O)c1ccccc1. The smallest absolute Gasteiger partial charge is 0.322 e. The summed E-state index contributed by atoms with van der Waals surface area (Å²) in [6.07, 6.45) is 2.83. The molecular weight excluding hydrogens is 495 g/mol. The number of hydrogen-bond donors (Lipinski definition) is 2. The number of hydrazone groups is 2. The van der Waals surface area contributed by atoms with E-state index in [0.29, 0.717) is 16.4 Å². The Balaban J connectivity index is 1.75. The Bertz CT molecular complexity index is 1240.